The largest absolute Gasteiger partial charge is 0.323 e. The molecule has 0 aliphatic heterocycles. The third-order valence-corrected chi connectivity index (χ3v) is 4.39. The summed E-state index contributed by atoms with van der Waals surface area (Å²) in [7, 11) is -3.68. The molecule has 0 aliphatic rings. The number of sulfonamides is 1. The SMILES string of the molecule is CC(NS(=O)(=O)c1ccccc1NN)c1ccccn1. The van der Waals surface area contributed by atoms with E-state index < -0.39 is 16.1 Å². The first kappa shape index (κ1) is 14.4. The van der Waals surface area contributed by atoms with Crippen molar-refractivity contribution in [1.29, 1.82) is 0 Å². The van der Waals surface area contributed by atoms with E-state index in [-0.39, 0.29) is 4.90 Å². The molecule has 0 bridgehead atoms. The fraction of sp³-hybridized carbons (Fsp3) is 0.154. The van der Waals surface area contributed by atoms with Gasteiger partial charge in [0.05, 0.1) is 17.4 Å². The summed E-state index contributed by atoms with van der Waals surface area (Å²) in [5.74, 6) is 5.33. The van der Waals surface area contributed by atoms with Crippen LogP contribution in [0.25, 0.3) is 0 Å². The molecule has 0 radical (unpaired) electrons. The summed E-state index contributed by atoms with van der Waals surface area (Å²) in [6.07, 6.45) is 1.62. The maximum absolute atomic E-state index is 12.4. The topological polar surface area (TPSA) is 97.1 Å². The van der Waals surface area contributed by atoms with Crippen molar-refractivity contribution in [2.45, 2.75) is 17.9 Å². The highest BCUT2D eigenvalue weighted by molar-refractivity contribution is 7.89. The summed E-state index contributed by atoms with van der Waals surface area (Å²) in [5.41, 5.74) is 3.37. The van der Waals surface area contributed by atoms with Gasteiger partial charge in [0.15, 0.2) is 0 Å². The summed E-state index contributed by atoms with van der Waals surface area (Å²) < 4.78 is 27.3. The first-order valence-electron chi connectivity index (χ1n) is 6.03. The Kier molecular flexibility index (Phi) is 4.33. The number of nitrogen functional groups attached to an aromatic ring is 1. The number of nitrogens with zero attached hydrogens (tertiary/aromatic N) is 1. The molecule has 2 rings (SSSR count). The smallest absolute Gasteiger partial charge is 0.243 e. The highest BCUT2D eigenvalue weighted by atomic mass is 32.2. The quantitative estimate of drug-likeness (QED) is 0.572. The molecule has 1 unspecified atom stereocenters. The van der Waals surface area contributed by atoms with Gasteiger partial charge in [-0.25, -0.2) is 13.1 Å². The van der Waals surface area contributed by atoms with E-state index in [1.54, 1.807) is 43.5 Å². The second-order valence-electron chi connectivity index (χ2n) is 4.24. The molecule has 1 atom stereocenters. The molecule has 4 N–H and O–H groups in total. The average Bonchev–Trinajstić information content (AvgIpc) is 2.47. The lowest BCUT2D eigenvalue weighted by Gasteiger charge is -2.15. The van der Waals surface area contributed by atoms with Crippen LogP contribution < -0.4 is 16.0 Å². The third kappa shape index (κ3) is 3.13. The van der Waals surface area contributed by atoms with Crippen LogP contribution in [0.2, 0.25) is 0 Å². The number of hydrazine groups is 1. The fourth-order valence-corrected chi connectivity index (χ4v) is 3.20. The van der Waals surface area contributed by atoms with E-state index in [2.05, 4.69) is 15.1 Å². The van der Waals surface area contributed by atoms with Crippen molar-refractivity contribution in [3.8, 4) is 0 Å². The molecule has 0 saturated heterocycles. The lowest BCUT2D eigenvalue weighted by atomic mass is 10.2. The Labute approximate surface area is 118 Å². The van der Waals surface area contributed by atoms with Crippen molar-refractivity contribution < 1.29 is 8.42 Å². The second kappa shape index (κ2) is 6.00. The predicted molar refractivity (Wildman–Crippen MR) is 77.2 cm³/mol. The van der Waals surface area contributed by atoms with Crippen LogP contribution >= 0.6 is 0 Å². The number of aromatic nitrogens is 1. The molecule has 106 valence electrons. The van der Waals surface area contributed by atoms with E-state index in [4.69, 9.17) is 5.84 Å². The Morgan fingerprint density at radius 3 is 2.50 bits per heavy atom. The molecule has 0 spiro atoms. The highest BCUT2D eigenvalue weighted by Crippen LogP contribution is 2.21. The number of para-hydroxylation sites is 1. The van der Waals surface area contributed by atoms with Gasteiger partial charge in [-0.1, -0.05) is 18.2 Å². The Hall–Kier alpha value is -1.96. The van der Waals surface area contributed by atoms with E-state index in [0.717, 1.165) is 0 Å². The zero-order valence-electron chi connectivity index (χ0n) is 10.9. The molecule has 0 fully saturated rings. The Balaban J connectivity index is 2.28. The van der Waals surface area contributed by atoms with Gasteiger partial charge in [-0.15, -0.1) is 0 Å². The number of nitrogens with one attached hydrogen (secondary N) is 2. The van der Waals surface area contributed by atoms with Crippen molar-refractivity contribution in [2.24, 2.45) is 5.84 Å². The van der Waals surface area contributed by atoms with E-state index in [9.17, 15) is 8.42 Å². The minimum Gasteiger partial charge on any atom is -0.323 e. The van der Waals surface area contributed by atoms with Crippen LogP contribution in [0.5, 0.6) is 0 Å². The predicted octanol–water partition coefficient (Wildman–Crippen LogP) is 1.41. The summed E-state index contributed by atoms with van der Waals surface area (Å²) in [4.78, 5) is 4.23. The van der Waals surface area contributed by atoms with Gasteiger partial charge in [0, 0.05) is 6.20 Å². The van der Waals surface area contributed by atoms with Gasteiger partial charge in [0.25, 0.3) is 0 Å². The number of rotatable bonds is 5. The van der Waals surface area contributed by atoms with E-state index >= 15 is 0 Å². The first-order valence-corrected chi connectivity index (χ1v) is 7.52. The lowest BCUT2D eigenvalue weighted by Crippen LogP contribution is -2.28. The van der Waals surface area contributed by atoms with E-state index in [1.807, 2.05) is 6.07 Å². The molecule has 1 aromatic carbocycles. The minimum atomic E-state index is -3.68. The van der Waals surface area contributed by atoms with Crippen LogP contribution in [0, 0.1) is 0 Å². The van der Waals surface area contributed by atoms with E-state index in [0.29, 0.717) is 11.4 Å². The molecular weight excluding hydrogens is 276 g/mol. The Bertz CT molecular complexity index is 674. The number of hydrogen-bond donors (Lipinski definition) is 3. The van der Waals surface area contributed by atoms with E-state index in [1.165, 1.54) is 6.07 Å². The van der Waals surface area contributed by atoms with Crippen LogP contribution in [-0.2, 0) is 10.0 Å². The van der Waals surface area contributed by atoms with Crippen molar-refractivity contribution in [3.05, 3.63) is 54.4 Å². The summed E-state index contributed by atoms with van der Waals surface area (Å²) in [6, 6.07) is 11.3. The van der Waals surface area contributed by atoms with Gasteiger partial charge in [0.1, 0.15) is 4.90 Å². The Morgan fingerprint density at radius 1 is 1.15 bits per heavy atom. The van der Waals surface area contributed by atoms with Crippen LogP contribution in [0.15, 0.2) is 53.6 Å². The molecular formula is C13H16N4O2S. The number of anilines is 1. The van der Waals surface area contributed by atoms with Crippen molar-refractivity contribution in [3.63, 3.8) is 0 Å². The maximum Gasteiger partial charge on any atom is 0.243 e. The van der Waals surface area contributed by atoms with Gasteiger partial charge < -0.3 is 5.43 Å². The molecule has 1 heterocycles. The van der Waals surface area contributed by atoms with Gasteiger partial charge in [0.2, 0.25) is 10.0 Å². The van der Waals surface area contributed by atoms with Crippen LogP contribution in [0.3, 0.4) is 0 Å². The molecule has 2 aromatic rings. The summed E-state index contributed by atoms with van der Waals surface area (Å²) in [6.45, 7) is 1.73. The number of nitrogens with two attached hydrogens (primary N) is 1. The van der Waals surface area contributed by atoms with Crippen molar-refractivity contribution in [1.82, 2.24) is 9.71 Å². The van der Waals surface area contributed by atoms with Gasteiger partial charge in [-0.3, -0.25) is 10.8 Å². The van der Waals surface area contributed by atoms with Crippen LogP contribution in [-0.4, -0.2) is 13.4 Å². The van der Waals surface area contributed by atoms with Crippen LogP contribution in [0.4, 0.5) is 5.69 Å². The summed E-state index contributed by atoms with van der Waals surface area (Å²) >= 11 is 0. The summed E-state index contributed by atoms with van der Waals surface area (Å²) in [5, 5.41) is 0. The average molecular weight is 292 g/mol. The third-order valence-electron chi connectivity index (χ3n) is 2.80. The molecule has 0 amide bonds. The lowest BCUT2D eigenvalue weighted by molar-refractivity contribution is 0.564. The van der Waals surface area contributed by atoms with Gasteiger partial charge in [-0.05, 0) is 31.2 Å². The number of benzene rings is 1. The monoisotopic (exact) mass is 292 g/mol. The zero-order chi connectivity index (χ0) is 14.6. The van der Waals surface area contributed by atoms with Crippen molar-refractivity contribution in [2.75, 3.05) is 5.43 Å². The first-order chi connectivity index (χ1) is 9.54. The normalized spacial score (nSPS) is 12.9. The Morgan fingerprint density at radius 2 is 1.85 bits per heavy atom. The standard InChI is InChI=1S/C13H16N4O2S/c1-10(11-6-4-5-9-15-11)17-20(18,19)13-8-3-2-7-12(13)16-14/h2-10,16-17H,14H2,1H3. The fourth-order valence-electron chi connectivity index (χ4n) is 1.81. The van der Waals surface area contributed by atoms with Gasteiger partial charge in [-0.2, -0.15) is 0 Å². The molecule has 0 saturated carbocycles. The number of pyridine rings is 1. The zero-order valence-corrected chi connectivity index (χ0v) is 11.8. The molecule has 20 heavy (non-hydrogen) atoms. The second-order valence-corrected chi connectivity index (χ2v) is 5.92. The molecule has 0 aliphatic carbocycles. The molecule has 6 nitrogen and oxygen atoms in total. The number of hydrogen-bond acceptors (Lipinski definition) is 5. The maximum atomic E-state index is 12.4. The minimum absolute atomic E-state index is 0.102. The van der Waals surface area contributed by atoms with Gasteiger partial charge >= 0.3 is 0 Å². The molecule has 7 heteroatoms. The van der Waals surface area contributed by atoms with Crippen molar-refractivity contribution >= 4 is 15.7 Å². The molecule has 1 aromatic heterocycles. The highest BCUT2D eigenvalue weighted by Gasteiger charge is 2.21. The van der Waals surface area contributed by atoms with Crippen LogP contribution in [0.1, 0.15) is 18.7 Å².